The molecule has 3 aromatic rings. The van der Waals surface area contributed by atoms with Crippen LogP contribution in [0.2, 0.25) is 0 Å². The molecular formula is C23H32N4O8S2. The first-order valence-electron chi connectivity index (χ1n) is 11.0. The number of carbonyl (C=O) groups excluding carboxylic acids is 2. The molecule has 1 aliphatic heterocycles. The summed E-state index contributed by atoms with van der Waals surface area (Å²) in [6, 6.07) is 9.55. The first-order valence-corrected chi connectivity index (χ1v) is 14.7. The van der Waals surface area contributed by atoms with Crippen molar-refractivity contribution in [2.75, 3.05) is 25.6 Å². The van der Waals surface area contributed by atoms with Crippen LogP contribution in [0.5, 0.6) is 0 Å². The van der Waals surface area contributed by atoms with E-state index in [4.69, 9.17) is 20.6 Å². The van der Waals surface area contributed by atoms with Gasteiger partial charge in [0, 0.05) is 42.5 Å². The summed E-state index contributed by atoms with van der Waals surface area (Å²) in [6.45, 7) is 4.49. The topological polar surface area (TPSA) is 203 Å². The number of rotatable bonds is 4. The van der Waals surface area contributed by atoms with Crippen LogP contribution in [0.4, 0.5) is 0 Å². The van der Waals surface area contributed by atoms with Crippen molar-refractivity contribution in [3.05, 3.63) is 47.0 Å². The monoisotopic (exact) mass is 556 g/mol. The molecule has 12 nitrogen and oxygen atoms in total. The number of amides is 2. The van der Waals surface area contributed by atoms with Gasteiger partial charge in [-0.3, -0.25) is 23.6 Å². The Labute approximate surface area is 215 Å². The maximum atomic E-state index is 13.3. The minimum atomic E-state index is -3.67. The van der Waals surface area contributed by atoms with Crippen molar-refractivity contribution in [2.24, 2.45) is 24.4 Å². The summed E-state index contributed by atoms with van der Waals surface area (Å²) in [6.07, 6.45) is 1.43. The van der Waals surface area contributed by atoms with Crippen molar-refractivity contribution >= 4 is 53.9 Å². The van der Waals surface area contributed by atoms with Crippen LogP contribution in [0, 0.1) is 12.8 Å². The van der Waals surface area contributed by atoms with E-state index in [0.29, 0.717) is 30.2 Å². The molecule has 1 aliphatic rings. The third-order valence-electron chi connectivity index (χ3n) is 5.77. The van der Waals surface area contributed by atoms with Gasteiger partial charge < -0.3 is 16.0 Å². The second-order valence-electron chi connectivity index (χ2n) is 8.98. The number of fused-ring (bicyclic) bond motifs is 5. The lowest BCUT2D eigenvalue weighted by atomic mass is 9.99. The van der Waals surface area contributed by atoms with Gasteiger partial charge in [0.05, 0.1) is 29.2 Å². The molecule has 0 aliphatic carbocycles. The number of hydrogen-bond acceptors (Lipinski definition) is 8. The van der Waals surface area contributed by atoms with Gasteiger partial charge in [-0.2, -0.15) is 16.8 Å². The van der Waals surface area contributed by atoms with E-state index in [1.165, 1.54) is 4.90 Å². The molecule has 2 aromatic carbocycles. The predicted molar refractivity (Wildman–Crippen MR) is 142 cm³/mol. The maximum Gasteiger partial charge on any atom is 0.262 e. The van der Waals surface area contributed by atoms with Crippen LogP contribution in [0.15, 0.2) is 30.3 Å². The first-order chi connectivity index (χ1) is 16.9. The van der Waals surface area contributed by atoms with Crippen molar-refractivity contribution in [3.8, 4) is 0 Å². The molecule has 1 aromatic heterocycles. The summed E-state index contributed by atoms with van der Waals surface area (Å²) >= 11 is 0. The number of aryl methyl sites for hydroxylation is 2. The van der Waals surface area contributed by atoms with E-state index < -0.39 is 20.2 Å². The highest BCUT2D eigenvalue weighted by Gasteiger charge is 2.39. The van der Waals surface area contributed by atoms with E-state index >= 15 is 0 Å². The van der Waals surface area contributed by atoms with E-state index in [0.717, 1.165) is 27.4 Å². The molecule has 204 valence electrons. The largest absolute Gasteiger partial charge is 0.343 e. The molecule has 0 saturated carbocycles. The van der Waals surface area contributed by atoms with Gasteiger partial charge in [-0.25, -0.2) is 0 Å². The molecule has 0 bridgehead atoms. The van der Waals surface area contributed by atoms with Gasteiger partial charge >= 0.3 is 0 Å². The van der Waals surface area contributed by atoms with Gasteiger partial charge in [-0.05, 0) is 30.5 Å². The average Bonchev–Trinajstić information content (AvgIpc) is 3.18. The highest BCUT2D eigenvalue weighted by atomic mass is 32.2. The van der Waals surface area contributed by atoms with Crippen LogP contribution in [-0.2, 0) is 27.3 Å². The van der Waals surface area contributed by atoms with E-state index in [-0.39, 0.29) is 30.3 Å². The number of aromatic nitrogens is 1. The Hall–Kier alpha value is -2.88. The lowest BCUT2D eigenvalue weighted by Gasteiger charge is -2.23. The summed E-state index contributed by atoms with van der Waals surface area (Å²) in [4.78, 5) is 27.6. The summed E-state index contributed by atoms with van der Waals surface area (Å²) in [5.41, 5.74) is 15.7. The lowest BCUT2D eigenvalue weighted by Crippen LogP contribution is -2.43. The molecule has 4 rings (SSSR count). The lowest BCUT2D eigenvalue weighted by molar-refractivity contribution is 0.0627. The number of nitrogens with two attached hydrogens (primary N) is 2. The van der Waals surface area contributed by atoms with Crippen molar-refractivity contribution in [3.63, 3.8) is 0 Å². The van der Waals surface area contributed by atoms with Crippen molar-refractivity contribution in [1.82, 2.24) is 9.47 Å². The average molecular weight is 557 g/mol. The summed E-state index contributed by atoms with van der Waals surface area (Å²) in [5.74, 6) is -0.558. The minimum absolute atomic E-state index is 0.0682. The number of para-hydroxylation sites is 1. The quantitative estimate of drug-likeness (QED) is 0.267. The smallest absolute Gasteiger partial charge is 0.262 e. The molecule has 1 unspecified atom stereocenters. The number of hydrogen-bond donors (Lipinski definition) is 4. The molecule has 2 heterocycles. The molecular weight excluding hydrogens is 524 g/mol. The van der Waals surface area contributed by atoms with Crippen molar-refractivity contribution in [1.29, 1.82) is 0 Å². The second-order valence-corrected chi connectivity index (χ2v) is 11.9. The third-order valence-corrected chi connectivity index (χ3v) is 5.77. The molecule has 14 heteroatoms. The molecule has 2 atom stereocenters. The molecule has 37 heavy (non-hydrogen) atoms. The molecule has 0 saturated heterocycles. The zero-order valence-corrected chi connectivity index (χ0v) is 22.8. The summed E-state index contributed by atoms with van der Waals surface area (Å²) in [7, 11) is -5.34. The fourth-order valence-electron chi connectivity index (χ4n) is 4.18. The van der Waals surface area contributed by atoms with Crippen LogP contribution >= 0.6 is 0 Å². The SMILES string of the molecule is CS(=O)(=O)O.CS(=O)(=O)O.Cc1cc2c(c3c4ccccc4n(C)c13)C(=O)N(C[C@@H](C)C(N)CN)C2=O. The van der Waals surface area contributed by atoms with Crippen LogP contribution in [0.25, 0.3) is 21.8 Å². The van der Waals surface area contributed by atoms with Crippen LogP contribution in [-0.4, -0.2) is 78.9 Å². The Bertz CT molecular complexity index is 1520. The molecule has 0 spiro atoms. The fourth-order valence-corrected chi connectivity index (χ4v) is 4.18. The van der Waals surface area contributed by atoms with Gasteiger partial charge in [0.2, 0.25) is 0 Å². The Morgan fingerprint density at radius 2 is 1.51 bits per heavy atom. The van der Waals surface area contributed by atoms with Crippen LogP contribution < -0.4 is 11.5 Å². The summed E-state index contributed by atoms with van der Waals surface area (Å²) in [5, 5.41) is 1.85. The Morgan fingerprint density at radius 3 is 2.03 bits per heavy atom. The minimum Gasteiger partial charge on any atom is -0.343 e. The van der Waals surface area contributed by atoms with Crippen LogP contribution in [0.1, 0.15) is 33.2 Å². The third kappa shape index (κ3) is 7.34. The van der Waals surface area contributed by atoms with Gasteiger partial charge in [-0.1, -0.05) is 25.1 Å². The number of nitrogens with zero attached hydrogens (tertiary/aromatic N) is 2. The molecule has 0 fully saturated rings. The van der Waals surface area contributed by atoms with Gasteiger partial charge in [0.25, 0.3) is 32.1 Å². The Morgan fingerprint density at radius 1 is 1.00 bits per heavy atom. The number of benzene rings is 2. The zero-order chi connectivity index (χ0) is 28.5. The van der Waals surface area contributed by atoms with Gasteiger partial charge in [0.1, 0.15) is 0 Å². The fraction of sp³-hybridized carbons (Fsp3) is 0.391. The van der Waals surface area contributed by atoms with E-state index in [1.54, 1.807) is 0 Å². The summed E-state index contributed by atoms with van der Waals surface area (Å²) < 4.78 is 53.8. The van der Waals surface area contributed by atoms with Gasteiger partial charge in [-0.15, -0.1) is 0 Å². The normalized spacial score (nSPS) is 15.1. The number of carbonyl (C=O) groups is 2. The van der Waals surface area contributed by atoms with E-state index in [1.807, 2.05) is 51.2 Å². The highest BCUT2D eigenvalue weighted by Crippen LogP contribution is 2.38. The Balaban J connectivity index is 0.000000412. The van der Waals surface area contributed by atoms with Crippen molar-refractivity contribution in [2.45, 2.75) is 19.9 Å². The Kier molecular flexibility index (Phi) is 9.22. The second kappa shape index (κ2) is 11.2. The molecule has 2 amide bonds. The zero-order valence-electron chi connectivity index (χ0n) is 21.2. The standard InChI is InChI=1S/C21H24N4O2.2CH4O3S/c1-11-8-14-18(17-13-6-4-5-7-16(13)24(3)19(11)17)21(27)25(20(14)26)10-12(2)15(23)9-22;2*1-5(2,3)4/h4-8,12,15H,9-10,22-23H2,1-3H3;2*1H3,(H,2,3,4)/t12-,15?;;/m1../s1. The number of imide groups is 1. The first kappa shape index (κ1) is 30.3. The highest BCUT2D eigenvalue weighted by molar-refractivity contribution is 7.85. The molecule has 6 N–H and O–H groups in total. The van der Waals surface area contributed by atoms with Gasteiger partial charge in [0.15, 0.2) is 0 Å². The van der Waals surface area contributed by atoms with E-state index in [2.05, 4.69) is 4.57 Å². The maximum absolute atomic E-state index is 13.3. The van der Waals surface area contributed by atoms with Crippen LogP contribution in [0.3, 0.4) is 0 Å². The predicted octanol–water partition coefficient (Wildman–Crippen LogP) is 1.17. The molecule has 0 radical (unpaired) electrons. The van der Waals surface area contributed by atoms with E-state index in [9.17, 15) is 26.4 Å². The van der Waals surface area contributed by atoms with Crippen molar-refractivity contribution < 1.29 is 35.5 Å².